The number of nitrogens with zero attached hydrogens (tertiary/aromatic N) is 2. The summed E-state index contributed by atoms with van der Waals surface area (Å²) in [4.78, 5) is 45.8. The molecule has 0 bridgehead atoms. The maximum Gasteiger partial charge on any atom is 0.313 e. The molecule has 4 heterocycles. The fraction of sp³-hybridized carbons (Fsp3) is 0.581. The van der Waals surface area contributed by atoms with Crippen LogP contribution in [0.5, 0.6) is 5.75 Å². The van der Waals surface area contributed by atoms with Crippen molar-refractivity contribution in [2.75, 3.05) is 38.3 Å². The number of amides is 2. The first-order chi connectivity index (χ1) is 19.4. The van der Waals surface area contributed by atoms with E-state index in [0.29, 0.717) is 50.2 Å². The molecule has 4 aliphatic rings. The Labute approximate surface area is 235 Å². The first-order valence-corrected chi connectivity index (χ1v) is 14.5. The van der Waals surface area contributed by atoms with E-state index in [0.717, 1.165) is 19.3 Å². The summed E-state index contributed by atoms with van der Waals surface area (Å²) in [6.07, 6.45) is 12.6. The molecule has 2 amide bonds. The van der Waals surface area contributed by atoms with E-state index in [1.807, 2.05) is 43.4 Å². The van der Waals surface area contributed by atoms with E-state index in [2.05, 4.69) is 0 Å². The molecule has 1 N–H and O–H groups in total. The number of benzene rings is 1. The van der Waals surface area contributed by atoms with Gasteiger partial charge in [-0.1, -0.05) is 44.1 Å². The van der Waals surface area contributed by atoms with Gasteiger partial charge in [0.15, 0.2) is 0 Å². The van der Waals surface area contributed by atoms with Crippen molar-refractivity contribution >= 4 is 23.5 Å². The molecule has 9 heteroatoms. The lowest BCUT2D eigenvalue weighted by atomic mass is 9.73. The van der Waals surface area contributed by atoms with Crippen molar-refractivity contribution in [1.82, 2.24) is 4.90 Å². The quantitative estimate of drug-likeness (QED) is 0.284. The summed E-state index contributed by atoms with van der Waals surface area (Å²) in [7, 11) is 1.59. The number of allylic oxidation sites excluding steroid dienone is 1. The molecule has 2 fully saturated rings. The first-order valence-electron chi connectivity index (χ1n) is 14.5. The number of carbonyl (C=O) groups excluding carboxylic acids is 3. The topological polar surface area (TPSA) is 106 Å². The number of hydrogen-bond donors (Lipinski definition) is 1. The zero-order chi connectivity index (χ0) is 28.3. The Morgan fingerprint density at radius 3 is 2.50 bits per heavy atom. The number of likely N-dealkylation sites (tertiary alicyclic amines) is 1. The highest BCUT2D eigenvalue weighted by atomic mass is 16.6. The average molecular weight is 553 g/mol. The maximum atomic E-state index is 14.5. The van der Waals surface area contributed by atoms with Crippen molar-refractivity contribution in [3.8, 4) is 5.75 Å². The van der Waals surface area contributed by atoms with Crippen LogP contribution in [0.3, 0.4) is 0 Å². The van der Waals surface area contributed by atoms with Crippen LogP contribution < -0.4 is 9.64 Å². The van der Waals surface area contributed by atoms with Crippen molar-refractivity contribution in [3.05, 3.63) is 48.6 Å². The lowest BCUT2D eigenvalue weighted by molar-refractivity contribution is -0.159. The lowest BCUT2D eigenvalue weighted by Crippen LogP contribution is -2.56. The van der Waals surface area contributed by atoms with Crippen LogP contribution in [0.25, 0.3) is 0 Å². The molecule has 5 rings (SSSR count). The average Bonchev–Trinajstić information content (AvgIpc) is 3.34. The van der Waals surface area contributed by atoms with Gasteiger partial charge in [-0.15, -0.1) is 0 Å². The molecule has 40 heavy (non-hydrogen) atoms. The molecule has 0 radical (unpaired) electrons. The second-order valence-corrected chi connectivity index (χ2v) is 11.1. The van der Waals surface area contributed by atoms with E-state index >= 15 is 0 Å². The smallest absolute Gasteiger partial charge is 0.313 e. The SMILES string of the molecule is CC[C@@]12/C=C\CCCOC(=O)[C@@H]1[C@H]1C(=O)N(CCCCCCO)C3C(=O)N(c4ccc(OC)cc4)CC=C[C@@]31O2. The Morgan fingerprint density at radius 2 is 1.77 bits per heavy atom. The van der Waals surface area contributed by atoms with Gasteiger partial charge in [0.25, 0.3) is 5.91 Å². The number of cyclic esters (lactones) is 1. The van der Waals surface area contributed by atoms with Crippen LogP contribution in [0.4, 0.5) is 5.69 Å². The van der Waals surface area contributed by atoms with Gasteiger partial charge in [-0.25, -0.2) is 0 Å². The van der Waals surface area contributed by atoms with Crippen LogP contribution in [0, 0.1) is 11.8 Å². The lowest BCUT2D eigenvalue weighted by Gasteiger charge is -2.38. The highest BCUT2D eigenvalue weighted by Gasteiger charge is 2.75. The van der Waals surface area contributed by atoms with Gasteiger partial charge >= 0.3 is 5.97 Å². The first kappa shape index (κ1) is 28.4. The number of hydrogen-bond acceptors (Lipinski definition) is 7. The number of esters is 1. The second kappa shape index (κ2) is 11.7. The third-order valence-corrected chi connectivity index (χ3v) is 8.82. The molecule has 1 aromatic rings. The zero-order valence-corrected chi connectivity index (χ0v) is 23.4. The van der Waals surface area contributed by atoms with Gasteiger partial charge in [0.1, 0.15) is 28.9 Å². The van der Waals surface area contributed by atoms with Gasteiger partial charge in [-0.2, -0.15) is 0 Å². The predicted octanol–water partition coefficient (Wildman–Crippen LogP) is 3.40. The van der Waals surface area contributed by atoms with Crippen molar-refractivity contribution in [2.45, 2.75) is 69.1 Å². The molecule has 5 atom stereocenters. The number of ether oxygens (including phenoxy) is 3. The summed E-state index contributed by atoms with van der Waals surface area (Å²) in [5, 5.41) is 9.17. The van der Waals surface area contributed by atoms with E-state index in [9.17, 15) is 14.4 Å². The monoisotopic (exact) mass is 552 g/mol. The van der Waals surface area contributed by atoms with Gasteiger partial charge in [0.2, 0.25) is 5.91 Å². The molecule has 2 saturated heterocycles. The number of aliphatic hydroxyl groups is 1. The van der Waals surface area contributed by atoms with E-state index in [1.54, 1.807) is 29.0 Å². The number of methoxy groups -OCH3 is 1. The molecule has 9 nitrogen and oxygen atoms in total. The van der Waals surface area contributed by atoms with Crippen molar-refractivity contribution in [1.29, 1.82) is 0 Å². The number of aliphatic hydroxyl groups excluding tert-OH is 1. The number of unbranched alkanes of at least 4 members (excludes halogenated alkanes) is 3. The van der Waals surface area contributed by atoms with Gasteiger partial charge in [0.05, 0.1) is 19.6 Å². The third-order valence-electron chi connectivity index (χ3n) is 8.82. The summed E-state index contributed by atoms with van der Waals surface area (Å²) >= 11 is 0. The minimum atomic E-state index is -1.30. The van der Waals surface area contributed by atoms with Gasteiger partial charge in [-0.05, 0) is 56.4 Å². The van der Waals surface area contributed by atoms with E-state index < -0.39 is 35.0 Å². The van der Waals surface area contributed by atoms with Crippen molar-refractivity contribution in [3.63, 3.8) is 0 Å². The Bertz CT molecular complexity index is 1160. The molecule has 1 unspecified atom stereocenters. The summed E-state index contributed by atoms with van der Waals surface area (Å²) < 4.78 is 17.9. The minimum Gasteiger partial charge on any atom is -0.497 e. The van der Waals surface area contributed by atoms with Crippen LogP contribution in [-0.2, 0) is 23.9 Å². The van der Waals surface area contributed by atoms with Gasteiger partial charge < -0.3 is 29.1 Å². The molecule has 0 aromatic heterocycles. The Morgan fingerprint density at radius 1 is 1.00 bits per heavy atom. The van der Waals surface area contributed by atoms with Crippen LogP contribution in [0.2, 0.25) is 0 Å². The Hall–Kier alpha value is -3.17. The second-order valence-electron chi connectivity index (χ2n) is 11.1. The fourth-order valence-corrected chi connectivity index (χ4v) is 6.86. The molecule has 0 aliphatic carbocycles. The largest absolute Gasteiger partial charge is 0.497 e. The molecular formula is C31H40N2O7. The summed E-state index contributed by atoms with van der Waals surface area (Å²) in [5.41, 5.74) is -1.66. The van der Waals surface area contributed by atoms with Crippen LogP contribution >= 0.6 is 0 Å². The summed E-state index contributed by atoms with van der Waals surface area (Å²) in [6, 6.07) is 6.34. The minimum absolute atomic E-state index is 0.126. The highest BCUT2D eigenvalue weighted by molar-refractivity contribution is 6.05. The Kier molecular flexibility index (Phi) is 8.33. The Balaban J connectivity index is 1.58. The van der Waals surface area contributed by atoms with Gasteiger partial charge in [0, 0.05) is 25.4 Å². The number of carbonyl (C=O) groups is 3. The summed E-state index contributed by atoms with van der Waals surface area (Å²) in [5.74, 6) is -1.97. The zero-order valence-electron chi connectivity index (χ0n) is 23.4. The van der Waals surface area contributed by atoms with E-state index in [-0.39, 0.29) is 25.0 Å². The molecule has 4 aliphatic heterocycles. The normalized spacial score (nSPS) is 32.4. The number of fused-ring (bicyclic) bond motifs is 2. The maximum absolute atomic E-state index is 14.5. The number of rotatable bonds is 9. The van der Waals surface area contributed by atoms with Crippen molar-refractivity contribution < 1.29 is 33.7 Å². The summed E-state index contributed by atoms with van der Waals surface area (Å²) in [6.45, 7) is 3.03. The third kappa shape index (κ3) is 4.73. The van der Waals surface area contributed by atoms with Crippen LogP contribution in [0.15, 0.2) is 48.6 Å². The predicted molar refractivity (Wildman–Crippen MR) is 149 cm³/mol. The number of anilines is 1. The molecule has 216 valence electrons. The fourth-order valence-electron chi connectivity index (χ4n) is 6.86. The van der Waals surface area contributed by atoms with Crippen LogP contribution in [0.1, 0.15) is 51.9 Å². The van der Waals surface area contributed by atoms with Crippen LogP contribution in [-0.4, -0.2) is 78.4 Å². The molecule has 0 saturated carbocycles. The van der Waals surface area contributed by atoms with Crippen molar-refractivity contribution in [2.24, 2.45) is 11.8 Å². The molecule has 1 spiro atoms. The highest BCUT2D eigenvalue weighted by Crippen LogP contribution is 2.58. The molecular weight excluding hydrogens is 512 g/mol. The van der Waals surface area contributed by atoms with E-state index in [4.69, 9.17) is 19.3 Å². The van der Waals surface area contributed by atoms with Gasteiger partial charge in [-0.3, -0.25) is 14.4 Å². The van der Waals surface area contributed by atoms with E-state index in [1.165, 1.54) is 0 Å². The standard InChI is InChI=1S/C31H40N2O7/c1-3-30-16-7-6-10-21-39-29(37)25(30)24-27(35)33(18-8-4-5-9-20-34)26-28(36)32(19-11-17-31(24,26)40-30)22-12-14-23(38-2)15-13-22/h7,11-17,24-26,34H,3-6,8-10,18-21H2,1-2H3/b16-7-/t24-,25-,26?,30+,31-/m0/s1. The molecule has 1 aromatic carbocycles.